The summed E-state index contributed by atoms with van der Waals surface area (Å²) in [4.78, 5) is 22.1. The SMILES string of the molecule is Cc1cc(C)c(N2CCN(C(=O)N3CCN(c4cc(C)c(C)cc4C)CC3)CC2)cc1C. The first-order chi connectivity index (χ1) is 15.2. The van der Waals surface area contributed by atoms with E-state index in [1.54, 1.807) is 0 Å². The van der Waals surface area contributed by atoms with Crippen molar-refractivity contribution >= 4 is 17.4 Å². The van der Waals surface area contributed by atoms with Crippen LogP contribution >= 0.6 is 0 Å². The Morgan fingerprint density at radius 3 is 1.16 bits per heavy atom. The number of urea groups is 1. The second-order valence-corrected chi connectivity index (χ2v) is 9.68. The first-order valence-electron chi connectivity index (χ1n) is 11.9. The fourth-order valence-corrected chi connectivity index (χ4v) is 5.05. The largest absolute Gasteiger partial charge is 0.368 e. The van der Waals surface area contributed by atoms with Gasteiger partial charge in [0.15, 0.2) is 0 Å². The minimum Gasteiger partial charge on any atom is -0.368 e. The molecule has 0 spiro atoms. The van der Waals surface area contributed by atoms with Gasteiger partial charge in [-0.25, -0.2) is 4.79 Å². The number of rotatable bonds is 2. The zero-order chi connectivity index (χ0) is 23.0. The molecule has 0 radical (unpaired) electrons. The molecule has 2 saturated heterocycles. The fourth-order valence-electron chi connectivity index (χ4n) is 5.05. The lowest BCUT2D eigenvalue weighted by Gasteiger charge is -2.42. The van der Waals surface area contributed by atoms with E-state index in [-0.39, 0.29) is 6.03 Å². The van der Waals surface area contributed by atoms with E-state index in [1.807, 2.05) is 9.80 Å². The average Bonchev–Trinajstić information content (AvgIpc) is 2.78. The predicted molar refractivity (Wildman–Crippen MR) is 134 cm³/mol. The summed E-state index contributed by atoms with van der Waals surface area (Å²) >= 11 is 0. The van der Waals surface area contributed by atoms with Crippen LogP contribution in [0.5, 0.6) is 0 Å². The highest BCUT2D eigenvalue weighted by Gasteiger charge is 2.28. The van der Waals surface area contributed by atoms with E-state index in [2.05, 4.69) is 75.6 Å². The molecule has 5 heteroatoms. The minimum atomic E-state index is 0.206. The molecular formula is C27H38N4O. The van der Waals surface area contributed by atoms with Gasteiger partial charge in [-0.3, -0.25) is 0 Å². The second-order valence-electron chi connectivity index (χ2n) is 9.68. The zero-order valence-electron chi connectivity index (χ0n) is 20.7. The first kappa shape index (κ1) is 22.5. The lowest BCUT2D eigenvalue weighted by molar-refractivity contribution is 0.147. The van der Waals surface area contributed by atoms with Crippen LogP contribution in [0.1, 0.15) is 33.4 Å². The van der Waals surface area contributed by atoms with E-state index in [0.717, 1.165) is 52.4 Å². The normalized spacial score (nSPS) is 17.2. The van der Waals surface area contributed by atoms with Gasteiger partial charge < -0.3 is 19.6 Å². The standard InChI is InChI=1S/C27H38N4O/c1-19-15-23(5)25(17-21(19)3)28-7-11-30(12-8-28)27(32)31-13-9-29(10-14-31)26-18-22(4)20(2)16-24(26)6/h15-18H,7-14H2,1-6H3. The van der Waals surface area contributed by atoms with E-state index in [1.165, 1.54) is 44.8 Å². The molecule has 2 amide bonds. The van der Waals surface area contributed by atoms with Gasteiger partial charge in [-0.1, -0.05) is 12.1 Å². The number of nitrogens with zero attached hydrogens (tertiary/aromatic N) is 4. The maximum Gasteiger partial charge on any atom is 0.320 e. The summed E-state index contributed by atoms with van der Waals surface area (Å²) in [7, 11) is 0. The molecule has 0 bridgehead atoms. The lowest BCUT2D eigenvalue weighted by Crippen LogP contribution is -2.57. The van der Waals surface area contributed by atoms with Crippen molar-refractivity contribution in [2.24, 2.45) is 0 Å². The Hall–Kier alpha value is -2.69. The zero-order valence-corrected chi connectivity index (χ0v) is 20.7. The van der Waals surface area contributed by atoms with Crippen molar-refractivity contribution < 1.29 is 4.79 Å². The van der Waals surface area contributed by atoms with Gasteiger partial charge in [-0.15, -0.1) is 0 Å². The number of piperazine rings is 2. The number of carbonyl (C=O) groups excluding carboxylic acids is 1. The molecule has 2 aliphatic heterocycles. The molecule has 0 unspecified atom stereocenters. The van der Waals surface area contributed by atoms with Crippen molar-refractivity contribution in [2.75, 3.05) is 62.2 Å². The van der Waals surface area contributed by atoms with Gasteiger partial charge in [-0.05, 0) is 87.1 Å². The number of anilines is 2. The summed E-state index contributed by atoms with van der Waals surface area (Å²) in [6, 6.07) is 9.36. The highest BCUT2D eigenvalue weighted by Crippen LogP contribution is 2.27. The molecule has 2 aromatic carbocycles. The minimum absolute atomic E-state index is 0.206. The third-order valence-electron chi connectivity index (χ3n) is 7.41. The smallest absolute Gasteiger partial charge is 0.320 e. The van der Waals surface area contributed by atoms with Crippen molar-refractivity contribution in [3.05, 3.63) is 57.6 Å². The maximum absolute atomic E-state index is 13.2. The van der Waals surface area contributed by atoms with Crippen molar-refractivity contribution in [3.8, 4) is 0 Å². The second kappa shape index (κ2) is 9.05. The number of benzene rings is 2. The molecule has 0 atom stereocenters. The number of hydrogen-bond donors (Lipinski definition) is 0. The molecule has 2 aromatic rings. The van der Waals surface area contributed by atoms with Crippen LogP contribution in [0.25, 0.3) is 0 Å². The molecular weight excluding hydrogens is 396 g/mol. The Balaban J connectivity index is 1.33. The summed E-state index contributed by atoms with van der Waals surface area (Å²) in [6.07, 6.45) is 0. The lowest BCUT2D eigenvalue weighted by atomic mass is 10.0. The third-order valence-corrected chi connectivity index (χ3v) is 7.41. The summed E-state index contributed by atoms with van der Waals surface area (Å²) in [5, 5.41) is 0. The van der Waals surface area contributed by atoms with Crippen molar-refractivity contribution in [2.45, 2.75) is 41.5 Å². The molecule has 0 aliphatic carbocycles. The van der Waals surface area contributed by atoms with E-state index in [0.29, 0.717) is 0 Å². The van der Waals surface area contributed by atoms with Gasteiger partial charge in [0.25, 0.3) is 0 Å². The van der Waals surface area contributed by atoms with Crippen molar-refractivity contribution in [1.29, 1.82) is 0 Å². The van der Waals surface area contributed by atoms with Gasteiger partial charge >= 0.3 is 6.03 Å². The summed E-state index contributed by atoms with van der Waals surface area (Å²) in [5.41, 5.74) is 10.6. The molecule has 2 aliphatic rings. The highest BCUT2D eigenvalue weighted by atomic mass is 16.2. The maximum atomic E-state index is 13.2. The number of amides is 2. The van der Waals surface area contributed by atoms with Gasteiger partial charge in [0.1, 0.15) is 0 Å². The molecule has 0 aromatic heterocycles. The Kier molecular flexibility index (Phi) is 6.36. The number of hydrogen-bond acceptors (Lipinski definition) is 3. The highest BCUT2D eigenvalue weighted by molar-refractivity contribution is 5.75. The van der Waals surface area contributed by atoms with Crippen LogP contribution < -0.4 is 9.80 Å². The molecule has 32 heavy (non-hydrogen) atoms. The molecule has 4 rings (SSSR count). The van der Waals surface area contributed by atoms with E-state index < -0.39 is 0 Å². The molecule has 0 N–H and O–H groups in total. The third kappa shape index (κ3) is 4.43. The summed E-state index contributed by atoms with van der Waals surface area (Å²) in [6.45, 7) is 19.8. The Morgan fingerprint density at radius 2 is 0.812 bits per heavy atom. The number of aryl methyl sites for hydroxylation is 6. The van der Waals surface area contributed by atoms with Crippen LogP contribution in [0.3, 0.4) is 0 Å². The number of carbonyl (C=O) groups is 1. The summed E-state index contributed by atoms with van der Waals surface area (Å²) < 4.78 is 0. The summed E-state index contributed by atoms with van der Waals surface area (Å²) in [5.74, 6) is 0. The molecule has 2 heterocycles. The van der Waals surface area contributed by atoms with Crippen LogP contribution in [-0.2, 0) is 0 Å². The van der Waals surface area contributed by atoms with Crippen LogP contribution in [0.4, 0.5) is 16.2 Å². The molecule has 2 fully saturated rings. The van der Waals surface area contributed by atoms with Crippen LogP contribution in [0.15, 0.2) is 24.3 Å². The Bertz CT molecular complexity index is 920. The molecule has 5 nitrogen and oxygen atoms in total. The quantitative estimate of drug-likeness (QED) is 0.692. The van der Waals surface area contributed by atoms with E-state index in [9.17, 15) is 4.79 Å². The van der Waals surface area contributed by atoms with Crippen LogP contribution in [0.2, 0.25) is 0 Å². The molecule has 172 valence electrons. The van der Waals surface area contributed by atoms with Crippen molar-refractivity contribution in [1.82, 2.24) is 9.80 Å². The topological polar surface area (TPSA) is 30.0 Å². The van der Waals surface area contributed by atoms with E-state index in [4.69, 9.17) is 0 Å². The average molecular weight is 435 g/mol. The predicted octanol–water partition coefficient (Wildman–Crippen LogP) is 4.60. The van der Waals surface area contributed by atoms with E-state index >= 15 is 0 Å². The van der Waals surface area contributed by atoms with Crippen LogP contribution in [-0.4, -0.2) is 68.2 Å². The Labute approximate surface area is 193 Å². The van der Waals surface area contributed by atoms with Gasteiger partial charge in [0, 0.05) is 63.7 Å². The van der Waals surface area contributed by atoms with Gasteiger partial charge in [-0.2, -0.15) is 0 Å². The molecule has 0 saturated carbocycles. The van der Waals surface area contributed by atoms with Gasteiger partial charge in [0.2, 0.25) is 0 Å². The van der Waals surface area contributed by atoms with Crippen molar-refractivity contribution in [3.63, 3.8) is 0 Å². The van der Waals surface area contributed by atoms with Crippen LogP contribution in [0, 0.1) is 41.5 Å². The fraction of sp³-hybridized carbons (Fsp3) is 0.519. The first-order valence-corrected chi connectivity index (χ1v) is 11.9. The Morgan fingerprint density at radius 1 is 0.500 bits per heavy atom. The monoisotopic (exact) mass is 434 g/mol. The van der Waals surface area contributed by atoms with Gasteiger partial charge in [0.05, 0.1) is 0 Å².